The van der Waals surface area contributed by atoms with Crippen LogP contribution in [0.25, 0.3) is 0 Å². The molecule has 0 fully saturated rings. The Morgan fingerprint density at radius 1 is 0.556 bits per heavy atom. The van der Waals surface area contributed by atoms with Crippen LogP contribution in [-0.2, 0) is 38.1 Å². The molecule has 2 aromatic rings. The van der Waals surface area contributed by atoms with Crippen LogP contribution in [0.1, 0.15) is 24.2 Å². The van der Waals surface area contributed by atoms with Gasteiger partial charge in [-0.2, -0.15) is 0 Å². The molecule has 0 saturated heterocycles. The van der Waals surface area contributed by atoms with Gasteiger partial charge in [0.2, 0.25) is 0 Å². The molecule has 2 unspecified atom stereocenters. The largest absolute Gasteiger partial charge is 0.490 e. The van der Waals surface area contributed by atoms with Crippen molar-refractivity contribution in [3.8, 4) is 17.2 Å². The predicted octanol–water partition coefficient (Wildman–Crippen LogP) is 4.34. The van der Waals surface area contributed by atoms with Gasteiger partial charge in [0.05, 0.1) is 5.56 Å². The van der Waals surface area contributed by atoms with Crippen LogP contribution in [0.15, 0.2) is 99.2 Å². The first-order valence-corrected chi connectivity index (χ1v) is 13.6. The van der Waals surface area contributed by atoms with Crippen LogP contribution in [0.4, 0.5) is 0 Å². The second-order valence-electron chi connectivity index (χ2n) is 8.20. The maximum atomic E-state index is 12.6. The number of carbonyl (C=O) groups is 5. The Hall–Kier alpha value is -5.65. The minimum absolute atomic E-state index is 0.130. The van der Waals surface area contributed by atoms with E-state index in [1.54, 1.807) is 0 Å². The Morgan fingerprint density at radius 2 is 0.911 bits per heavy atom. The molecule has 2 aromatic carbocycles. The van der Waals surface area contributed by atoms with Crippen LogP contribution in [0, 0.1) is 0 Å². The van der Waals surface area contributed by atoms with Crippen molar-refractivity contribution in [3.63, 3.8) is 0 Å². The molecule has 0 amide bonds. The second kappa shape index (κ2) is 21.1. The van der Waals surface area contributed by atoms with Gasteiger partial charge in [0.15, 0.2) is 12.2 Å². The summed E-state index contributed by atoms with van der Waals surface area (Å²) in [7, 11) is 0. The summed E-state index contributed by atoms with van der Waals surface area (Å²) in [6.07, 6.45) is 2.08. The molecule has 0 bridgehead atoms. The molecule has 240 valence electrons. The molecule has 0 saturated carbocycles. The van der Waals surface area contributed by atoms with Gasteiger partial charge in [0.25, 0.3) is 0 Å². The smallest absolute Gasteiger partial charge is 0.343 e. The lowest BCUT2D eigenvalue weighted by Gasteiger charge is -2.17. The molecule has 0 aliphatic rings. The van der Waals surface area contributed by atoms with Gasteiger partial charge >= 0.3 is 29.8 Å². The zero-order chi connectivity index (χ0) is 33.6. The Kier molecular flexibility index (Phi) is 17.5. The molecule has 0 aliphatic heterocycles. The molecular formula is C33H36O12. The van der Waals surface area contributed by atoms with E-state index in [-0.39, 0.29) is 37.7 Å². The molecule has 0 spiro atoms. The quantitative estimate of drug-likeness (QED) is 0.100. The van der Waals surface area contributed by atoms with Crippen molar-refractivity contribution in [3.05, 3.63) is 105 Å². The van der Waals surface area contributed by atoms with E-state index < -0.39 is 42.1 Å². The van der Waals surface area contributed by atoms with E-state index in [9.17, 15) is 24.0 Å². The summed E-state index contributed by atoms with van der Waals surface area (Å²) in [6, 6.07) is 12.0. The van der Waals surface area contributed by atoms with E-state index in [1.165, 1.54) is 48.5 Å². The minimum atomic E-state index is -0.908. The molecule has 2 rings (SSSR count). The maximum absolute atomic E-state index is 12.6. The number of rotatable bonds is 18. The van der Waals surface area contributed by atoms with Gasteiger partial charge < -0.3 is 33.2 Å². The molecule has 0 aromatic heterocycles. The van der Waals surface area contributed by atoms with E-state index in [0.29, 0.717) is 11.5 Å². The molecular weight excluding hydrogens is 588 g/mol. The molecule has 0 aliphatic carbocycles. The second-order valence-corrected chi connectivity index (χ2v) is 8.20. The van der Waals surface area contributed by atoms with Crippen molar-refractivity contribution in [2.24, 2.45) is 0 Å². The minimum Gasteiger partial charge on any atom is -0.490 e. The number of ether oxygens (including phenoxy) is 7. The fourth-order valence-electron chi connectivity index (χ4n) is 2.96. The third-order valence-electron chi connectivity index (χ3n) is 5.05. The first-order valence-electron chi connectivity index (χ1n) is 13.6. The highest BCUT2D eigenvalue weighted by Gasteiger charge is 2.18. The van der Waals surface area contributed by atoms with Crippen LogP contribution in [0.3, 0.4) is 0 Å². The van der Waals surface area contributed by atoms with Crippen molar-refractivity contribution in [2.75, 3.05) is 26.4 Å². The Labute approximate surface area is 261 Å². The van der Waals surface area contributed by atoms with Crippen LogP contribution in [-0.4, -0.2) is 68.5 Å². The van der Waals surface area contributed by atoms with Crippen molar-refractivity contribution in [2.45, 2.75) is 26.1 Å². The summed E-state index contributed by atoms with van der Waals surface area (Å²) in [5.74, 6) is -2.49. The summed E-state index contributed by atoms with van der Waals surface area (Å²) in [5, 5.41) is 0. The topological polar surface area (TPSA) is 150 Å². The summed E-state index contributed by atoms with van der Waals surface area (Å²) in [4.78, 5) is 58.3. The highest BCUT2D eigenvalue weighted by atomic mass is 16.6. The van der Waals surface area contributed by atoms with Crippen molar-refractivity contribution in [1.82, 2.24) is 0 Å². The van der Waals surface area contributed by atoms with E-state index in [4.69, 9.17) is 33.2 Å². The van der Waals surface area contributed by atoms with Gasteiger partial charge in [-0.3, -0.25) is 0 Å². The maximum Gasteiger partial charge on any atom is 0.343 e. The lowest BCUT2D eigenvalue weighted by Crippen LogP contribution is -2.30. The third kappa shape index (κ3) is 14.9. The van der Waals surface area contributed by atoms with E-state index in [0.717, 1.165) is 24.3 Å². The average Bonchev–Trinajstić information content (AvgIpc) is 3.08. The summed E-state index contributed by atoms with van der Waals surface area (Å²) in [6.45, 7) is 16.5. The number of esters is 5. The molecule has 45 heavy (non-hydrogen) atoms. The lowest BCUT2D eigenvalue weighted by molar-refractivity contribution is -0.154. The number of carbonyl (C=O) groups excluding carboxylic acids is 5. The van der Waals surface area contributed by atoms with Crippen LogP contribution >= 0.6 is 0 Å². The molecule has 0 N–H and O–H groups in total. The van der Waals surface area contributed by atoms with E-state index in [1.807, 2.05) is 13.8 Å². The standard InChI is InChI=1S/C31H30O12.C2H6/c1-5-27(32)39-19-25(41-29(34)7-3)17-37-22-11-9-21(10-12-22)31(36)43-24-15-13-23(14-16-24)38-18-26(42-30(35)8-4)20-40-28(33)6-2;1-2/h5-16,25-26H,1-4,17-20H2;1-2H3. The molecule has 0 heterocycles. The highest BCUT2D eigenvalue weighted by Crippen LogP contribution is 2.20. The summed E-state index contributed by atoms with van der Waals surface area (Å²) < 4.78 is 36.6. The highest BCUT2D eigenvalue weighted by molar-refractivity contribution is 5.91. The SMILES string of the molecule is C=CC(=O)OCC(COc1ccc(OC(=O)c2ccc(OCC(COC(=O)C=C)OC(=O)C=C)cc2)cc1)OC(=O)C=C.CC. The van der Waals surface area contributed by atoms with Gasteiger partial charge in [0, 0.05) is 24.3 Å². The zero-order valence-electron chi connectivity index (χ0n) is 25.1. The van der Waals surface area contributed by atoms with Crippen LogP contribution in [0.5, 0.6) is 17.2 Å². The zero-order valence-corrected chi connectivity index (χ0v) is 25.1. The normalized spacial score (nSPS) is 11.0. The van der Waals surface area contributed by atoms with Gasteiger partial charge in [-0.1, -0.05) is 40.2 Å². The number of hydrogen-bond acceptors (Lipinski definition) is 12. The number of hydrogen-bond donors (Lipinski definition) is 0. The fraction of sp³-hybridized carbons (Fsp3) is 0.242. The van der Waals surface area contributed by atoms with Gasteiger partial charge in [0.1, 0.15) is 43.7 Å². The Morgan fingerprint density at radius 3 is 1.29 bits per heavy atom. The predicted molar refractivity (Wildman–Crippen MR) is 163 cm³/mol. The molecule has 12 heteroatoms. The first-order chi connectivity index (χ1) is 21.7. The van der Waals surface area contributed by atoms with Gasteiger partial charge in [-0.25, -0.2) is 24.0 Å². The Balaban J connectivity index is 0.00000496. The summed E-state index contributed by atoms with van der Waals surface area (Å²) in [5.41, 5.74) is 0.225. The van der Waals surface area contributed by atoms with Crippen molar-refractivity contribution < 1.29 is 57.1 Å². The third-order valence-corrected chi connectivity index (χ3v) is 5.05. The molecule has 2 atom stereocenters. The van der Waals surface area contributed by atoms with Gasteiger partial charge in [-0.15, -0.1) is 0 Å². The van der Waals surface area contributed by atoms with Crippen LogP contribution in [0.2, 0.25) is 0 Å². The Bertz CT molecular complexity index is 1310. The van der Waals surface area contributed by atoms with E-state index in [2.05, 4.69) is 26.3 Å². The summed E-state index contributed by atoms with van der Waals surface area (Å²) >= 11 is 0. The van der Waals surface area contributed by atoms with Gasteiger partial charge in [-0.05, 0) is 48.5 Å². The lowest BCUT2D eigenvalue weighted by atomic mass is 10.2. The molecule has 12 nitrogen and oxygen atoms in total. The first kappa shape index (κ1) is 37.4. The van der Waals surface area contributed by atoms with Crippen LogP contribution < -0.4 is 14.2 Å². The average molecular weight is 625 g/mol. The van der Waals surface area contributed by atoms with Crippen molar-refractivity contribution in [1.29, 1.82) is 0 Å². The van der Waals surface area contributed by atoms with Crippen molar-refractivity contribution >= 4 is 29.8 Å². The number of benzene rings is 2. The monoisotopic (exact) mass is 624 g/mol. The molecule has 0 radical (unpaired) electrons. The fourth-order valence-corrected chi connectivity index (χ4v) is 2.96. The van der Waals surface area contributed by atoms with E-state index >= 15 is 0 Å².